The number of para-hydroxylation sites is 1. The number of fused-ring (bicyclic) bond motifs is 1. The number of aryl methyl sites for hydroxylation is 1. The summed E-state index contributed by atoms with van der Waals surface area (Å²) in [4.78, 5) is 14.9. The summed E-state index contributed by atoms with van der Waals surface area (Å²) < 4.78 is 6.88. The first-order valence-electron chi connectivity index (χ1n) is 7.87. The lowest BCUT2D eigenvalue weighted by Crippen LogP contribution is -2.44. The van der Waals surface area contributed by atoms with Crippen LogP contribution in [0.1, 0.15) is 22.2 Å². The molecule has 1 aliphatic rings. The Morgan fingerprint density at radius 3 is 2.56 bits per heavy atom. The predicted molar refractivity (Wildman–Crippen MR) is 93.6 cm³/mol. The fourth-order valence-electron chi connectivity index (χ4n) is 3.01. The smallest absolute Gasteiger partial charge is 0.262 e. The summed E-state index contributed by atoms with van der Waals surface area (Å²) in [5, 5.41) is 11.4. The quantitative estimate of drug-likeness (QED) is 0.796. The van der Waals surface area contributed by atoms with Gasteiger partial charge in [-0.15, -0.1) is 5.10 Å². The van der Waals surface area contributed by atoms with Gasteiger partial charge in [0.2, 0.25) is 0 Å². The minimum Gasteiger partial charge on any atom is -0.497 e. The second-order valence-electron chi connectivity index (χ2n) is 5.75. The Kier molecular flexibility index (Phi) is 3.61. The highest BCUT2D eigenvalue weighted by Gasteiger charge is 2.35. The fraction of sp³-hybridized carbons (Fsp3) is 0.167. The van der Waals surface area contributed by atoms with Gasteiger partial charge in [0.25, 0.3) is 5.91 Å². The molecule has 1 amide bonds. The number of benzene rings is 2. The minimum atomic E-state index is -0.407. The maximum Gasteiger partial charge on any atom is 0.262 e. The van der Waals surface area contributed by atoms with E-state index < -0.39 is 6.17 Å². The number of carbonyl (C=O) groups excluding carboxylic acids is 1. The molecule has 7 heteroatoms. The zero-order valence-corrected chi connectivity index (χ0v) is 13.9. The lowest BCUT2D eigenvalue weighted by molar-refractivity contribution is 0.0974. The third kappa shape index (κ3) is 2.50. The molecule has 3 aromatic rings. The van der Waals surface area contributed by atoms with E-state index >= 15 is 0 Å². The summed E-state index contributed by atoms with van der Waals surface area (Å²) in [5.74, 6) is 0.658. The van der Waals surface area contributed by atoms with E-state index in [0.29, 0.717) is 5.56 Å². The van der Waals surface area contributed by atoms with Gasteiger partial charge in [-0.05, 0) is 36.4 Å². The Labute approximate surface area is 144 Å². The predicted octanol–water partition coefficient (Wildman–Crippen LogP) is 2.59. The van der Waals surface area contributed by atoms with Crippen LogP contribution in [0.3, 0.4) is 0 Å². The standard InChI is InChI=1S/C18H17N5O2/c1-22-16(11-19-21-22)17-20-15-6-4-3-5-14(15)18(24)23(17)12-7-9-13(25-2)10-8-12/h3-11,17,20H,1-2H3. The molecular formula is C18H17N5O2. The van der Waals surface area contributed by atoms with Crippen molar-refractivity contribution in [3.63, 3.8) is 0 Å². The van der Waals surface area contributed by atoms with Crippen LogP contribution in [0.2, 0.25) is 0 Å². The normalized spacial score (nSPS) is 16.3. The molecule has 0 radical (unpaired) electrons. The number of hydrogen-bond donors (Lipinski definition) is 1. The van der Waals surface area contributed by atoms with E-state index in [1.807, 2.05) is 48.5 Å². The summed E-state index contributed by atoms with van der Waals surface area (Å²) >= 11 is 0. The van der Waals surface area contributed by atoms with Crippen LogP contribution in [0.25, 0.3) is 0 Å². The number of nitrogens with zero attached hydrogens (tertiary/aromatic N) is 4. The van der Waals surface area contributed by atoms with Gasteiger partial charge in [0.05, 0.1) is 18.9 Å². The van der Waals surface area contributed by atoms with Crippen LogP contribution in [0.15, 0.2) is 54.7 Å². The molecule has 25 heavy (non-hydrogen) atoms. The van der Waals surface area contributed by atoms with Crippen molar-refractivity contribution in [3.05, 3.63) is 66.0 Å². The van der Waals surface area contributed by atoms with E-state index in [9.17, 15) is 4.79 Å². The van der Waals surface area contributed by atoms with E-state index in [0.717, 1.165) is 22.8 Å². The molecule has 7 nitrogen and oxygen atoms in total. The summed E-state index contributed by atoms with van der Waals surface area (Å²) in [6.07, 6.45) is 1.26. The molecular weight excluding hydrogens is 318 g/mol. The molecule has 0 fully saturated rings. The summed E-state index contributed by atoms with van der Waals surface area (Å²) in [7, 11) is 3.42. The van der Waals surface area contributed by atoms with Crippen molar-refractivity contribution in [2.24, 2.45) is 7.05 Å². The second-order valence-corrected chi connectivity index (χ2v) is 5.75. The van der Waals surface area contributed by atoms with Crippen molar-refractivity contribution in [1.29, 1.82) is 0 Å². The third-order valence-electron chi connectivity index (χ3n) is 4.31. The number of anilines is 2. The molecule has 1 aliphatic heterocycles. The molecule has 0 saturated heterocycles. The lowest BCUT2D eigenvalue weighted by Gasteiger charge is -2.37. The molecule has 1 unspecified atom stereocenters. The maximum atomic E-state index is 13.2. The number of aromatic nitrogens is 3. The van der Waals surface area contributed by atoms with Crippen molar-refractivity contribution in [3.8, 4) is 5.75 Å². The van der Waals surface area contributed by atoms with Gasteiger partial charge in [0.1, 0.15) is 11.4 Å². The Balaban J connectivity index is 1.84. The molecule has 1 aromatic heterocycles. The summed E-state index contributed by atoms with van der Waals surface area (Å²) in [6.45, 7) is 0. The van der Waals surface area contributed by atoms with E-state index in [4.69, 9.17) is 4.74 Å². The van der Waals surface area contributed by atoms with Crippen molar-refractivity contribution in [2.75, 3.05) is 17.3 Å². The number of rotatable bonds is 3. The molecule has 0 spiro atoms. The number of hydrogen-bond acceptors (Lipinski definition) is 5. The molecule has 1 N–H and O–H groups in total. The van der Waals surface area contributed by atoms with Crippen LogP contribution >= 0.6 is 0 Å². The highest BCUT2D eigenvalue weighted by molar-refractivity contribution is 6.12. The SMILES string of the molecule is COc1ccc(N2C(=O)c3ccccc3NC2c2cnnn2C)cc1. The largest absolute Gasteiger partial charge is 0.497 e. The lowest BCUT2D eigenvalue weighted by atomic mass is 10.1. The monoisotopic (exact) mass is 335 g/mol. The highest BCUT2D eigenvalue weighted by Crippen LogP contribution is 2.36. The Morgan fingerprint density at radius 2 is 1.88 bits per heavy atom. The second kappa shape index (κ2) is 5.94. The van der Waals surface area contributed by atoms with E-state index in [1.54, 1.807) is 29.9 Å². The number of nitrogens with one attached hydrogen (secondary N) is 1. The number of ether oxygens (including phenoxy) is 1. The van der Waals surface area contributed by atoms with Gasteiger partial charge in [0, 0.05) is 18.4 Å². The number of carbonyl (C=O) groups is 1. The zero-order valence-electron chi connectivity index (χ0n) is 13.9. The molecule has 0 aliphatic carbocycles. The van der Waals surface area contributed by atoms with Crippen LogP contribution in [0, 0.1) is 0 Å². The van der Waals surface area contributed by atoms with Crippen LogP contribution in [-0.2, 0) is 7.05 Å². The van der Waals surface area contributed by atoms with Crippen molar-refractivity contribution >= 4 is 17.3 Å². The van der Waals surface area contributed by atoms with Gasteiger partial charge < -0.3 is 10.1 Å². The first kappa shape index (κ1) is 15.2. The average Bonchev–Trinajstić information content (AvgIpc) is 3.08. The van der Waals surface area contributed by atoms with E-state index in [2.05, 4.69) is 15.6 Å². The maximum absolute atomic E-state index is 13.2. The molecule has 4 rings (SSSR count). The Hall–Kier alpha value is -3.35. The van der Waals surface area contributed by atoms with Gasteiger partial charge in [0.15, 0.2) is 6.17 Å². The van der Waals surface area contributed by atoms with Crippen LogP contribution in [-0.4, -0.2) is 28.0 Å². The van der Waals surface area contributed by atoms with Gasteiger partial charge in [-0.3, -0.25) is 9.69 Å². The van der Waals surface area contributed by atoms with Gasteiger partial charge in [-0.1, -0.05) is 17.3 Å². The molecule has 0 saturated carbocycles. The van der Waals surface area contributed by atoms with Gasteiger partial charge in [-0.25, -0.2) is 4.68 Å². The molecule has 126 valence electrons. The van der Waals surface area contributed by atoms with Gasteiger partial charge >= 0.3 is 0 Å². The first-order chi connectivity index (χ1) is 12.2. The van der Waals surface area contributed by atoms with Crippen molar-refractivity contribution < 1.29 is 9.53 Å². The minimum absolute atomic E-state index is 0.0780. The molecule has 2 heterocycles. The number of methoxy groups -OCH3 is 1. The molecule has 1 atom stereocenters. The summed E-state index contributed by atoms with van der Waals surface area (Å²) in [6, 6.07) is 14.9. The van der Waals surface area contributed by atoms with E-state index in [1.165, 1.54) is 0 Å². The fourth-order valence-corrected chi connectivity index (χ4v) is 3.01. The average molecular weight is 335 g/mol. The van der Waals surface area contributed by atoms with Crippen LogP contribution < -0.4 is 15.0 Å². The summed E-state index contributed by atoms with van der Waals surface area (Å²) in [5.41, 5.74) is 2.98. The van der Waals surface area contributed by atoms with Crippen LogP contribution in [0.4, 0.5) is 11.4 Å². The van der Waals surface area contributed by atoms with Gasteiger partial charge in [-0.2, -0.15) is 0 Å². The highest BCUT2D eigenvalue weighted by atomic mass is 16.5. The van der Waals surface area contributed by atoms with Crippen molar-refractivity contribution in [1.82, 2.24) is 15.0 Å². The topological polar surface area (TPSA) is 72.3 Å². The van der Waals surface area contributed by atoms with Crippen molar-refractivity contribution in [2.45, 2.75) is 6.17 Å². The van der Waals surface area contributed by atoms with Crippen LogP contribution in [0.5, 0.6) is 5.75 Å². The zero-order chi connectivity index (χ0) is 17.4. The van der Waals surface area contributed by atoms with E-state index in [-0.39, 0.29) is 5.91 Å². The Morgan fingerprint density at radius 1 is 1.12 bits per heavy atom. The third-order valence-corrected chi connectivity index (χ3v) is 4.31. The Bertz CT molecular complexity index is 919. The number of amides is 1. The first-order valence-corrected chi connectivity index (χ1v) is 7.87. The molecule has 2 aromatic carbocycles. The molecule has 0 bridgehead atoms.